The number of nitrogens with two attached hydrogens (primary N) is 1. The molecule has 1 aromatic rings. The van der Waals surface area contributed by atoms with Crippen molar-refractivity contribution < 1.29 is 4.92 Å². The topological polar surface area (TPSA) is 69.2 Å². The zero-order valence-corrected chi connectivity index (χ0v) is 8.14. The summed E-state index contributed by atoms with van der Waals surface area (Å²) in [6.07, 6.45) is 1.91. The largest absolute Gasteiger partial charge is 0.324 e. The van der Waals surface area contributed by atoms with Crippen molar-refractivity contribution in [1.29, 1.82) is 0 Å². The lowest BCUT2D eigenvalue weighted by Gasteiger charge is -2.09. The molecular formula is C10H14N2O2. The molecule has 0 aromatic heterocycles. The molecule has 0 aliphatic carbocycles. The van der Waals surface area contributed by atoms with E-state index >= 15 is 0 Å². The average molecular weight is 194 g/mol. The SMILES string of the molecule is CCCC(N)c1ccc([N+](=O)[O-])cc1. The molecule has 0 bridgehead atoms. The average Bonchev–Trinajstić information content (AvgIpc) is 2.18. The van der Waals surface area contributed by atoms with Crippen molar-refractivity contribution in [3.8, 4) is 0 Å². The lowest BCUT2D eigenvalue weighted by atomic mass is 10.0. The second kappa shape index (κ2) is 4.72. The van der Waals surface area contributed by atoms with E-state index in [1.807, 2.05) is 0 Å². The summed E-state index contributed by atoms with van der Waals surface area (Å²) in [4.78, 5) is 9.97. The predicted molar refractivity (Wildman–Crippen MR) is 54.9 cm³/mol. The van der Waals surface area contributed by atoms with Crippen LogP contribution in [0, 0.1) is 10.1 Å². The van der Waals surface area contributed by atoms with E-state index in [1.54, 1.807) is 12.1 Å². The molecule has 1 unspecified atom stereocenters. The van der Waals surface area contributed by atoms with Gasteiger partial charge in [0.2, 0.25) is 0 Å². The molecule has 0 fully saturated rings. The van der Waals surface area contributed by atoms with Gasteiger partial charge in [-0.25, -0.2) is 0 Å². The van der Waals surface area contributed by atoms with Gasteiger partial charge in [-0.1, -0.05) is 25.5 Å². The summed E-state index contributed by atoms with van der Waals surface area (Å²) in [6.45, 7) is 2.06. The number of non-ortho nitro benzene ring substituents is 1. The molecule has 4 nitrogen and oxygen atoms in total. The van der Waals surface area contributed by atoms with Crippen molar-refractivity contribution in [2.45, 2.75) is 25.8 Å². The molecule has 76 valence electrons. The van der Waals surface area contributed by atoms with Crippen LogP contribution in [0.3, 0.4) is 0 Å². The maximum Gasteiger partial charge on any atom is 0.269 e. The van der Waals surface area contributed by atoms with Gasteiger partial charge in [0.05, 0.1) is 4.92 Å². The zero-order valence-electron chi connectivity index (χ0n) is 8.14. The van der Waals surface area contributed by atoms with Crippen molar-refractivity contribution in [2.75, 3.05) is 0 Å². The standard InChI is InChI=1S/C10H14N2O2/c1-2-3-10(11)8-4-6-9(7-5-8)12(13)14/h4-7,10H,2-3,11H2,1H3. The quantitative estimate of drug-likeness (QED) is 0.591. The van der Waals surface area contributed by atoms with Crippen LogP contribution >= 0.6 is 0 Å². The van der Waals surface area contributed by atoms with Crippen LogP contribution in [0.25, 0.3) is 0 Å². The minimum absolute atomic E-state index is 0.0131. The van der Waals surface area contributed by atoms with Gasteiger partial charge >= 0.3 is 0 Å². The van der Waals surface area contributed by atoms with Crippen LogP contribution in [-0.2, 0) is 0 Å². The Hall–Kier alpha value is -1.42. The van der Waals surface area contributed by atoms with Crippen molar-refractivity contribution in [3.05, 3.63) is 39.9 Å². The minimum Gasteiger partial charge on any atom is -0.324 e. The van der Waals surface area contributed by atoms with Gasteiger partial charge in [0.1, 0.15) is 0 Å². The summed E-state index contributed by atoms with van der Waals surface area (Å²) in [7, 11) is 0. The molecule has 2 N–H and O–H groups in total. The summed E-state index contributed by atoms with van der Waals surface area (Å²) in [5, 5.41) is 10.4. The molecule has 0 spiro atoms. The summed E-state index contributed by atoms with van der Waals surface area (Å²) >= 11 is 0. The van der Waals surface area contributed by atoms with Crippen LogP contribution in [0.4, 0.5) is 5.69 Å². The summed E-state index contributed by atoms with van der Waals surface area (Å²) in [5.74, 6) is 0. The molecule has 0 aliphatic rings. The highest BCUT2D eigenvalue weighted by Crippen LogP contribution is 2.19. The smallest absolute Gasteiger partial charge is 0.269 e. The van der Waals surface area contributed by atoms with Crippen LogP contribution in [-0.4, -0.2) is 4.92 Å². The van der Waals surface area contributed by atoms with Gasteiger partial charge in [0.15, 0.2) is 0 Å². The zero-order chi connectivity index (χ0) is 10.6. The third-order valence-electron chi connectivity index (χ3n) is 2.13. The summed E-state index contributed by atoms with van der Waals surface area (Å²) < 4.78 is 0. The molecule has 1 rings (SSSR count). The maximum atomic E-state index is 10.4. The molecule has 14 heavy (non-hydrogen) atoms. The normalized spacial score (nSPS) is 12.4. The lowest BCUT2D eigenvalue weighted by Crippen LogP contribution is -2.09. The Morgan fingerprint density at radius 1 is 1.43 bits per heavy atom. The minimum atomic E-state index is -0.408. The first kappa shape index (κ1) is 10.7. The van der Waals surface area contributed by atoms with Gasteiger partial charge in [0, 0.05) is 18.2 Å². The molecule has 0 saturated carbocycles. The van der Waals surface area contributed by atoms with E-state index in [2.05, 4.69) is 6.92 Å². The Morgan fingerprint density at radius 2 is 2.00 bits per heavy atom. The fourth-order valence-electron chi connectivity index (χ4n) is 1.32. The van der Waals surface area contributed by atoms with E-state index < -0.39 is 4.92 Å². The summed E-state index contributed by atoms with van der Waals surface area (Å²) in [6, 6.07) is 6.41. The van der Waals surface area contributed by atoms with Crippen molar-refractivity contribution in [3.63, 3.8) is 0 Å². The van der Waals surface area contributed by atoms with Crippen molar-refractivity contribution in [1.82, 2.24) is 0 Å². The Kier molecular flexibility index (Phi) is 3.59. The summed E-state index contributed by atoms with van der Waals surface area (Å²) in [5.41, 5.74) is 6.93. The second-order valence-corrected chi connectivity index (χ2v) is 3.24. The van der Waals surface area contributed by atoms with E-state index in [0.29, 0.717) is 0 Å². The van der Waals surface area contributed by atoms with E-state index in [-0.39, 0.29) is 11.7 Å². The van der Waals surface area contributed by atoms with Crippen LogP contribution in [0.1, 0.15) is 31.4 Å². The van der Waals surface area contributed by atoms with Crippen LogP contribution < -0.4 is 5.73 Å². The molecule has 0 radical (unpaired) electrons. The fourth-order valence-corrected chi connectivity index (χ4v) is 1.32. The highest BCUT2D eigenvalue weighted by Gasteiger charge is 2.07. The van der Waals surface area contributed by atoms with Gasteiger partial charge in [-0.3, -0.25) is 10.1 Å². The molecule has 0 saturated heterocycles. The molecular weight excluding hydrogens is 180 g/mol. The first-order valence-electron chi connectivity index (χ1n) is 4.65. The van der Waals surface area contributed by atoms with Crippen LogP contribution in [0.5, 0.6) is 0 Å². The maximum absolute atomic E-state index is 10.4. The Bertz CT molecular complexity index is 308. The lowest BCUT2D eigenvalue weighted by molar-refractivity contribution is -0.384. The highest BCUT2D eigenvalue weighted by molar-refractivity contribution is 5.34. The number of nitro benzene ring substituents is 1. The van der Waals surface area contributed by atoms with Crippen molar-refractivity contribution >= 4 is 5.69 Å². The first-order valence-corrected chi connectivity index (χ1v) is 4.65. The molecule has 1 aromatic carbocycles. The van der Waals surface area contributed by atoms with Crippen molar-refractivity contribution in [2.24, 2.45) is 5.73 Å². The fraction of sp³-hybridized carbons (Fsp3) is 0.400. The highest BCUT2D eigenvalue weighted by atomic mass is 16.6. The molecule has 0 heterocycles. The van der Waals surface area contributed by atoms with E-state index in [4.69, 9.17) is 5.73 Å². The van der Waals surface area contributed by atoms with Gasteiger partial charge in [0.25, 0.3) is 5.69 Å². The number of benzene rings is 1. The number of rotatable bonds is 4. The van der Waals surface area contributed by atoms with E-state index in [0.717, 1.165) is 18.4 Å². The Labute approximate surface area is 82.9 Å². The second-order valence-electron chi connectivity index (χ2n) is 3.24. The first-order chi connectivity index (χ1) is 6.65. The van der Waals surface area contributed by atoms with Gasteiger partial charge < -0.3 is 5.73 Å². The third-order valence-corrected chi connectivity index (χ3v) is 2.13. The van der Waals surface area contributed by atoms with Gasteiger partial charge in [-0.15, -0.1) is 0 Å². The van der Waals surface area contributed by atoms with E-state index in [9.17, 15) is 10.1 Å². The van der Waals surface area contributed by atoms with Gasteiger partial charge in [-0.05, 0) is 12.0 Å². The number of hydrogen-bond acceptors (Lipinski definition) is 3. The molecule has 1 atom stereocenters. The number of nitrogens with zero attached hydrogens (tertiary/aromatic N) is 1. The van der Waals surface area contributed by atoms with Crippen LogP contribution in [0.2, 0.25) is 0 Å². The molecule has 0 amide bonds. The number of hydrogen-bond donors (Lipinski definition) is 1. The van der Waals surface area contributed by atoms with E-state index in [1.165, 1.54) is 12.1 Å². The number of nitro groups is 1. The third kappa shape index (κ3) is 2.53. The molecule has 0 aliphatic heterocycles. The Morgan fingerprint density at radius 3 is 2.43 bits per heavy atom. The van der Waals surface area contributed by atoms with Crippen LogP contribution in [0.15, 0.2) is 24.3 Å². The predicted octanol–water partition coefficient (Wildman–Crippen LogP) is 2.39. The monoisotopic (exact) mass is 194 g/mol. The Balaban J connectivity index is 2.77. The van der Waals surface area contributed by atoms with Gasteiger partial charge in [-0.2, -0.15) is 0 Å². The molecule has 4 heteroatoms.